The van der Waals surface area contributed by atoms with E-state index in [1.54, 1.807) is 24.4 Å². The van der Waals surface area contributed by atoms with E-state index in [0.29, 0.717) is 28.1 Å². The fraction of sp³-hybridized carbons (Fsp3) is 0.100. The van der Waals surface area contributed by atoms with Crippen LogP contribution in [-0.2, 0) is 9.84 Å². The monoisotopic (exact) mass is 567 g/mol. The van der Waals surface area contributed by atoms with E-state index in [1.807, 2.05) is 24.5 Å². The molecule has 0 aromatic carbocycles. The van der Waals surface area contributed by atoms with Crippen molar-refractivity contribution in [3.8, 4) is 23.0 Å². The summed E-state index contributed by atoms with van der Waals surface area (Å²) in [6.07, 6.45) is 5.93. The van der Waals surface area contributed by atoms with Gasteiger partial charge in [-0.3, -0.25) is 10.2 Å². The van der Waals surface area contributed by atoms with Crippen LogP contribution in [0.15, 0.2) is 59.1 Å². The highest BCUT2D eigenvalue weighted by Gasteiger charge is 2.22. The molecule has 6 heterocycles. The van der Waals surface area contributed by atoms with Crippen molar-refractivity contribution in [3.63, 3.8) is 0 Å². The van der Waals surface area contributed by atoms with Crippen molar-refractivity contribution in [1.29, 1.82) is 0 Å². The van der Waals surface area contributed by atoms with Gasteiger partial charge in [0.15, 0.2) is 5.16 Å². The zero-order valence-electron chi connectivity index (χ0n) is 20.2. The molecule has 0 atom stereocenters. The van der Waals surface area contributed by atoms with E-state index in [4.69, 9.17) is 11.5 Å². The third-order valence-electron chi connectivity index (χ3n) is 4.90. The van der Waals surface area contributed by atoms with Crippen LogP contribution in [0.25, 0.3) is 34.6 Å². The molecule has 0 saturated heterocycles. The summed E-state index contributed by atoms with van der Waals surface area (Å²) in [5.74, 6) is 1.10. The summed E-state index contributed by atoms with van der Waals surface area (Å²) in [4.78, 5) is 28.3. The van der Waals surface area contributed by atoms with Crippen molar-refractivity contribution in [2.45, 2.75) is 10.3 Å². The van der Waals surface area contributed by atoms with Gasteiger partial charge in [0.25, 0.3) is 22.5 Å². The number of nitrogen functional groups attached to an aromatic ring is 2. The molecule has 0 aliphatic heterocycles. The van der Waals surface area contributed by atoms with E-state index in [1.165, 1.54) is 22.5 Å². The maximum atomic E-state index is 11.5. The van der Waals surface area contributed by atoms with Crippen LogP contribution >= 0.6 is 11.8 Å². The molecule has 6 aromatic heterocycles. The molecular formula is C20H19N14O3S2+. The fourth-order valence-electron chi connectivity index (χ4n) is 3.15. The molecule has 0 aliphatic rings. The van der Waals surface area contributed by atoms with Gasteiger partial charge in [-0.25, -0.2) is 8.42 Å². The van der Waals surface area contributed by atoms with Gasteiger partial charge in [-0.2, -0.15) is 38.9 Å². The zero-order valence-corrected chi connectivity index (χ0v) is 21.9. The normalized spacial score (nSPS) is 11.4. The number of pyridine rings is 2. The average Bonchev–Trinajstić information content (AvgIpc) is 3.55. The van der Waals surface area contributed by atoms with E-state index in [-0.39, 0.29) is 23.5 Å². The summed E-state index contributed by atoms with van der Waals surface area (Å²) in [5.41, 5.74) is 12.4. The van der Waals surface area contributed by atoms with Gasteiger partial charge in [0.1, 0.15) is 5.69 Å². The van der Waals surface area contributed by atoms with Crippen molar-refractivity contribution in [1.82, 2.24) is 54.1 Å². The van der Waals surface area contributed by atoms with Gasteiger partial charge in [0.2, 0.25) is 33.8 Å². The molecule has 0 radical (unpaired) electrons. The van der Waals surface area contributed by atoms with E-state index in [9.17, 15) is 13.6 Å². The Bertz CT molecular complexity index is 1930. The van der Waals surface area contributed by atoms with Gasteiger partial charge < -0.3 is 11.5 Å². The summed E-state index contributed by atoms with van der Waals surface area (Å²) < 4.78 is 26.3. The van der Waals surface area contributed by atoms with Crippen LogP contribution in [0.4, 0.5) is 11.9 Å². The SMILES string of the molecule is CS(=O)(=O)c1nc(N)n2nc(-c3cccc[n+]3O)nc2n1.CSc1nc(N)n2nc(-c3ccccn3)nc2n1. The smallest absolute Gasteiger partial charge is 0.303 e. The number of fused-ring (bicyclic) bond motifs is 2. The highest BCUT2D eigenvalue weighted by molar-refractivity contribution is 7.98. The van der Waals surface area contributed by atoms with Gasteiger partial charge in [0, 0.05) is 29.3 Å². The fourth-order valence-corrected chi connectivity index (χ4v) is 4.02. The zero-order chi connectivity index (χ0) is 27.7. The van der Waals surface area contributed by atoms with E-state index < -0.39 is 15.0 Å². The first kappa shape index (κ1) is 25.6. The van der Waals surface area contributed by atoms with Crippen molar-refractivity contribution in [2.75, 3.05) is 24.0 Å². The third kappa shape index (κ3) is 5.20. The third-order valence-corrected chi connectivity index (χ3v) is 6.30. The Labute approximate surface area is 223 Å². The molecule has 6 aromatic rings. The van der Waals surface area contributed by atoms with Crippen molar-refractivity contribution in [3.05, 3.63) is 48.8 Å². The molecule has 0 unspecified atom stereocenters. The quantitative estimate of drug-likeness (QED) is 0.139. The highest BCUT2D eigenvalue weighted by atomic mass is 32.2. The van der Waals surface area contributed by atoms with Crippen molar-refractivity contribution < 1.29 is 18.4 Å². The number of aromatic nitrogens is 12. The minimum absolute atomic E-state index is 0.0261. The Morgan fingerprint density at radius 2 is 1.54 bits per heavy atom. The Hall–Kier alpha value is -5.04. The molecule has 0 bridgehead atoms. The molecule has 0 spiro atoms. The summed E-state index contributed by atoms with van der Waals surface area (Å²) in [7, 11) is -3.62. The number of rotatable bonds is 4. The Kier molecular flexibility index (Phi) is 6.58. The molecule has 19 heteroatoms. The molecule has 5 N–H and O–H groups in total. The number of anilines is 2. The summed E-state index contributed by atoms with van der Waals surface area (Å²) in [6, 6.07) is 10.4. The highest BCUT2D eigenvalue weighted by Crippen LogP contribution is 2.17. The number of thioether (sulfide) groups is 1. The molecule has 198 valence electrons. The summed E-state index contributed by atoms with van der Waals surface area (Å²) in [6.45, 7) is 0. The number of nitrogens with zero attached hydrogens (tertiary/aromatic N) is 12. The Morgan fingerprint density at radius 3 is 2.21 bits per heavy atom. The predicted octanol–water partition coefficient (Wildman–Crippen LogP) is -0.418. The second kappa shape index (κ2) is 10.0. The molecule has 0 aliphatic carbocycles. The van der Waals surface area contributed by atoms with Gasteiger partial charge in [-0.15, -0.1) is 10.2 Å². The molecule has 0 amide bonds. The second-order valence-corrected chi connectivity index (χ2v) is 10.3. The van der Waals surface area contributed by atoms with Crippen LogP contribution < -0.4 is 16.2 Å². The molecule has 6 rings (SSSR count). The second-order valence-electron chi connectivity index (χ2n) is 7.64. The maximum Gasteiger partial charge on any atom is 0.303 e. The maximum absolute atomic E-state index is 11.5. The van der Waals surface area contributed by atoms with E-state index in [0.717, 1.165) is 15.5 Å². The van der Waals surface area contributed by atoms with Crippen LogP contribution in [0, 0.1) is 0 Å². The largest absolute Gasteiger partial charge is 0.368 e. The average molecular weight is 568 g/mol. The number of hydrogen-bond donors (Lipinski definition) is 3. The van der Waals surface area contributed by atoms with Crippen LogP contribution in [0.2, 0.25) is 0 Å². The minimum Gasteiger partial charge on any atom is -0.368 e. The summed E-state index contributed by atoms with van der Waals surface area (Å²) in [5, 5.41) is 18.1. The minimum atomic E-state index is -3.62. The number of sulfone groups is 1. The number of nitrogens with two attached hydrogens (primary N) is 2. The molecule has 39 heavy (non-hydrogen) atoms. The molecular weight excluding hydrogens is 548 g/mol. The lowest BCUT2D eigenvalue weighted by Crippen LogP contribution is -2.32. The molecule has 0 fully saturated rings. The first-order chi connectivity index (χ1) is 18.6. The molecule has 0 saturated carbocycles. The van der Waals surface area contributed by atoms with Crippen LogP contribution in [-0.4, -0.2) is 80.3 Å². The van der Waals surface area contributed by atoms with E-state index >= 15 is 0 Å². The van der Waals surface area contributed by atoms with Crippen LogP contribution in [0.5, 0.6) is 0 Å². The van der Waals surface area contributed by atoms with Crippen LogP contribution in [0.3, 0.4) is 0 Å². The number of hydrogen-bond acceptors (Lipinski definition) is 15. The Balaban J connectivity index is 0.000000160. The van der Waals surface area contributed by atoms with Gasteiger partial charge in [0.05, 0.1) is 0 Å². The lowest BCUT2D eigenvalue weighted by atomic mass is 10.3. The summed E-state index contributed by atoms with van der Waals surface area (Å²) >= 11 is 1.40. The van der Waals surface area contributed by atoms with Crippen molar-refractivity contribution in [2.24, 2.45) is 0 Å². The van der Waals surface area contributed by atoms with Gasteiger partial charge in [-0.05, 0) is 24.5 Å². The Morgan fingerprint density at radius 1 is 0.872 bits per heavy atom. The standard InChI is InChI=1S/C10H10N7O3S.C10H9N7S/c1-21(19,20)10-13-8(11)17-9(14-10)12-7(15-17)6-4-2-3-5-16(6)18;1-18-10-14-8(11)17-9(15-10)13-7(16-17)6-4-2-3-5-12-6/h2-5,18H,1H3,(H2,11,12,13,14,15);2-5H,1H3,(H2,11,13,14,15,16)/q+1;. The lowest BCUT2D eigenvalue weighted by Gasteiger charge is -1.99. The van der Waals surface area contributed by atoms with Gasteiger partial charge in [-0.1, -0.05) is 17.8 Å². The molecule has 17 nitrogen and oxygen atoms in total. The first-order valence-corrected chi connectivity index (χ1v) is 13.9. The van der Waals surface area contributed by atoms with Crippen LogP contribution in [0.1, 0.15) is 0 Å². The predicted molar refractivity (Wildman–Crippen MR) is 137 cm³/mol. The lowest BCUT2D eigenvalue weighted by molar-refractivity contribution is -0.896. The topological polar surface area (TPSA) is 235 Å². The first-order valence-electron chi connectivity index (χ1n) is 10.8. The van der Waals surface area contributed by atoms with Crippen molar-refractivity contribution >= 4 is 45.1 Å². The van der Waals surface area contributed by atoms with E-state index in [2.05, 4.69) is 45.1 Å². The van der Waals surface area contributed by atoms with Gasteiger partial charge >= 0.3 is 5.69 Å².